The van der Waals surface area contributed by atoms with E-state index in [0.29, 0.717) is 6.54 Å². The molecule has 2 heterocycles. The number of nitrogens with zero attached hydrogens (tertiary/aromatic N) is 2. The van der Waals surface area contributed by atoms with Gasteiger partial charge in [0, 0.05) is 4.88 Å². The number of rotatable bonds is 4. The monoisotopic (exact) mass is 343 g/mol. The van der Waals surface area contributed by atoms with Crippen molar-refractivity contribution in [3.05, 3.63) is 20.8 Å². The molecule has 1 saturated heterocycles. The van der Waals surface area contributed by atoms with Gasteiger partial charge < -0.3 is 0 Å². The Balaban J connectivity index is 1.73. The van der Waals surface area contributed by atoms with Crippen LogP contribution < -0.4 is 5.43 Å². The van der Waals surface area contributed by atoms with Gasteiger partial charge in [0.25, 0.3) is 5.91 Å². The summed E-state index contributed by atoms with van der Waals surface area (Å²) in [4.78, 5) is 15.0. The average Bonchev–Trinajstić information content (AvgIpc) is 2.63. The number of carbonyl (C=O) groups excluding carboxylic acids is 1. The number of amides is 1. The Bertz CT molecular complexity index is 439. The minimum Gasteiger partial charge on any atom is -0.294 e. The van der Waals surface area contributed by atoms with Gasteiger partial charge in [-0.25, -0.2) is 5.43 Å². The second-order valence-electron chi connectivity index (χ2n) is 4.63. The lowest BCUT2D eigenvalue weighted by atomic mass is 10.2. The van der Waals surface area contributed by atoms with E-state index in [2.05, 4.69) is 31.4 Å². The maximum Gasteiger partial charge on any atom is 0.254 e. The molecule has 0 radical (unpaired) electrons. The van der Waals surface area contributed by atoms with E-state index in [0.717, 1.165) is 21.8 Å². The van der Waals surface area contributed by atoms with Crippen LogP contribution in [0.25, 0.3) is 0 Å². The fourth-order valence-corrected chi connectivity index (χ4v) is 3.39. The molecule has 0 aromatic carbocycles. The second kappa shape index (κ2) is 7.77. The van der Waals surface area contributed by atoms with Crippen LogP contribution in [0.5, 0.6) is 0 Å². The molecule has 104 valence electrons. The highest BCUT2D eigenvalue weighted by atomic mass is 79.9. The van der Waals surface area contributed by atoms with E-state index in [9.17, 15) is 4.79 Å². The summed E-state index contributed by atoms with van der Waals surface area (Å²) in [5, 5.41) is 3.98. The van der Waals surface area contributed by atoms with Gasteiger partial charge in [0.05, 0.1) is 16.5 Å². The van der Waals surface area contributed by atoms with Crippen molar-refractivity contribution in [3.8, 4) is 0 Å². The summed E-state index contributed by atoms with van der Waals surface area (Å²) in [7, 11) is 0. The molecular weight excluding hydrogens is 326 g/mol. The molecule has 0 unspecified atom stereocenters. The molecule has 0 atom stereocenters. The highest BCUT2D eigenvalue weighted by Crippen LogP contribution is 2.20. The molecule has 0 spiro atoms. The summed E-state index contributed by atoms with van der Waals surface area (Å²) in [6.07, 6.45) is 6.63. The SMILES string of the molecule is O=C(CN1CCCCCC1)N/N=C/c1ccc(Br)s1. The summed E-state index contributed by atoms with van der Waals surface area (Å²) >= 11 is 4.97. The van der Waals surface area contributed by atoms with Crippen LogP contribution in [-0.2, 0) is 4.79 Å². The van der Waals surface area contributed by atoms with Gasteiger partial charge in [0.1, 0.15) is 0 Å². The Morgan fingerprint density at radius 1 is 1.37 bits per heavy atom. The van der Waals surface area contributed by atoms with Crippen molar-refractivity contribution in [2.45, 2.75) is 25.7 Å². The molecule has 2 rings (SSSR count). The molecule has 1 aromatic heterocycles. The molecular formula is C13H18BrN3OS. The van der Waals surface area contributed by atoms with E-state index in [-0.39, 0.29) is 5.91 Å². The lowest BCUT2D eigenvalue weighted by Gasteiger charge is -2.17. The van der Waals surface area contributed by atoms with Gasteiger partial charge in [-0.1, -0.05) is 12.8 Å². The minimum atomic E-state index is -0.0335. The van der Waals surface area contributed by atoms with Crippen LogP contribution in [-0.4, -0.2) is 36.7 Å². The molecule has 1 fully saturated rings. The van der Waals surface area contributed by atoms with E-state index in [1.807, 2.05) is 12.1 Å². The van der Waals surface area contributed by atoms with Crippen molar-refractivity contribution in [2.24, 2.45) is 5.10 Å². The standard InChI is InChI=1S/C13H18BrN3OS/c14-12-6-5-11(19-12)9-15-16-13(18)10-17-7-3-1-2-4-8-17/h5-6,9H,1-4,7-8,10H2,(H,16,18)/b15-9+. The first kappa shape index (κ1) is 14.7. The smallest absolute Gasteiger partial charge is 0.254 e. The average molecular weight is 344 g/mol. The zero-order valence-electron chi connectivity index (χ0n) is 10.8. The molecule has 1 amide bonds. The van der Waals surface area contributed by atoms with Crippen LogP contribution in [0.15, 0.2) is 21.0 Å². The fourth-order valence-electron chi connectivity index (χ4n) is 2.10. The molecule has 1 aliphatic rings. The normalized spacial score (nSPS) is 17.5. The number of halogens is 1. The third kappa shape index (κ3) is 5.42. The third-order valence-corrected chi connectivity index (χ3v) is 4.60. The minimum absolute atomic E-state index is 0.0335. The Labute approximate surface area is 126 Å². The molecule has 1 aliphatic heterocycles. The number of hydrogen-bond acceptors (Lipinski definition) is 4. The number of carbonyl (C=O) groups is 1. The van der Waals surface area contributed by atoms with Crippen molar-refractivity contribution in [1.29, 1.82) is 0 Å². The summed E-state index contributed by atoms with van der Waals surface area (Å²) in [6, 6.07) is 3.92. The Kier molecular flexibility index (Phi) is 6.00. The van der Waals surface area contributed by atoms with Gasteiger partial charge in [-0.15, -0.1) is 11.3 Å². The van der Waals surface area contributed by atoms with Gasteiger partial charge in [0.15, 0.2) is 0 Å². The van der Waals surface area contributed by atoms with Gasteiger partial charge >= 0.3 is 0 Å². The van der Waals surface area contributed by atoms with E-state index < -0.39 is 0 Å². The molecule has 6 heteroatoms. The molecule has 4 nitrogen and oxygen atoms in total. The van der Waals surface area contributed by atoms with Crippen LogP contribution in [0.3, 0.4) is 0 Å². The van der Waals surface area contributed by atoms with E-state index >= 15 is 0 Å². The summed E-state index contributed by atoms with van der Waals surface area (Å²) in [5.74, 6) is -0.0335. The van der Waals surface area contributed by atoms with Crippen LogP contribution in [0.2, 0.25) is 0 Å². The lowest BCUT2D eigenvalue weighted by molar-refractivity contribution is -0.122. The first-order chi connectivity index (χ1) is 9.24. The lowest BCUT2D eigenvalue weighted by Crippen LogP contribution is -2.35. The van der Waals surface area contributed by atoms with Crippen LogP contribution in [0.1, 0.15) is 30.6 Å². The zero-order chi connectivity index (χ0) is 13.5. The number of nitrogens with one attached hydrogen (secondary N) is 1. The van der Waals surface area contributed by atoms with Gasteiger partial charge in [0.2, 0.25) is 0 Å². The van der Waals surface area contributed by atoms with Crippen LogP contribution in [0.4, 0.5) is 0 Å². The predicted octanol–water partition coefficient (Wildman–Crippen LogP) is 2.84. The number of thiophene rings is 1. The van der Waals surface area contributed by atoms with E-state index in [1.165, 1.54) is 25.7 Å². The molecule has 1 N–H and O–H groups in total. The topological polar surface area (TPSA) is 44.7 Å². The van der Waals surface area contributed by atoms with E-state index in [1.54, 1.807) is 17.6 Å². The van der Waals surface area contributed by atoms with Crippen molar-refractivity contribution in [2.75, 3.05) is 19.6 Å². The number of hydrogen-bond donors (Lipinski definition) is 1. The predicted molar refractivity (Wildman–Crippen MR) is 82.7 cm³/mol. The highest BCUT2D eigenvalue weighted by molar-refractivity contribution is 9.11. The number of hydrazone groups is 1. The second-order valence-corrected chi connectivity index (χ2v) is 7.12. The fraction of sp³-hybridized carbons (Fsp3) is 0.538. The Morgan fingerprint density at radius 3 is 2.74 bits per heavy atom. The largest absolute Gasteiger partial charge is 0.294 e. The maximum absolute atomic E-state index is 11.7. The highest BCUT2D eigenvalue weighted by Gasteiger charge is 2.12. The van der Waals surface area contributed by atoms with Crippen LogP contribution >= 0.6 is 27.3 Å². The zero-order valence-corrected chi connectivity index (χ0v) is 13.2. The van der Waals surface area contributed by atoms with Gasteiger partial charge in [-0.05, 0) is 54.0 Å². The molecule has 0 bridgehead atoms. The summed E-state index contributed by atoms with van der Waals surface area (Å²) in [5.41, 5.74) is 2.59. The van der Waals surface area contributed by atoms with Gasteiger partial charge in [-0.3, -0.25) is 9.69 Å². The Morgan fingerprint density at radius 2 is 2.11 bits per heavy atom. The summed E-state index contributed by atoms with van der Waals surface area (Å²) in [6.45, 7) is 2.50. The van der Waals surface area contributed by atoms with Crippen molar-refractivity contribution >= 4 is 39.4 Å². The molecule has 19 heavy (non-hydrogen) atoms. The third-order valence-electron chi connectivity index (χ3n) is 3.04. The Hall–Kier alpha value is -0.720. The first-order valence-corrected chi connectivity index (χ1v) is 8.14. The number of likely N-dealkylation sites (tertiary alicyclic amines) is 1. The van der Waals surface area contributed by atoms with Crippen LogP contribution in [0, 0.1) is 0 Å². The quantitative estimate of drug-likeness (QED) is 0.674. The molecule has 1 aromatic rings. The van der Waals surface area contributed by atoms with E-state index in [4.69, 9.17) is 0 Å². The molecule has 0 saturated carbocycles. The molecule has 0 aliphatic carbocycles. The van der Waals surface area contributed by atoms with Gasteiger partial charge in [-0.2, -0.15) is 5.10 Å². The van der Waals surface area contributed by atoms with Crippen molar-refractivity contribution < 1.29 is 4.79 Å². The first-order valence-electron chi connectivity index (χ1n) is 6.53. The van der Waals surface area contributed by atoms with Crippen molar-refractivity contribution in [3.63, 3.8) is 0 Å². The summed E-state index contributed by atoms with van der Waals surface area (Å²) < 4.78 is 1.06. The maximum atomic E-state index is 11.7. The van der Waals surface area contributed by atoms with Crippen molar-refractivity contribution in [1.82, 2.24) is 10.3 Å².